The van der Waals surface area contributed by atoms with Crippen molar-refractivity contribution in [2.75, 3.05) is 6.54 Å². The molecule has 1 aliphatic carbocycles. The first-order chi connectivity index (χ1) is 10.3. The number of rotatable bonds is 4. The Morgan fingerprint density at radius 1 is 1.24 bits per heavy atom. The maximum Gasteiger partial charge on any atom is 0.261 e. The van der Waals surface area contributed by atoms with Crippen LogP contribution >= 0.6 is 11.3 Å². The first-order valence-electron chi connectivity index (χ1n) is 7.17. The highest BCUT2D eigenvalue weighted by atomic mass is 32.1. The van der Waals surface area contributed by atoms with Crippen molar-refractivity contribution in [3.63, 3.8) is 0 Å². The smallest absolute Gasteiger partial charge is 0.261 e. The lowest BCUT2D eigenvalue weighted by molar-refractivity contribution is 0.0954. The predicted molar refractivity (Wildman–Crippen MR) is 85.9 cm³/mol. The van der Waals surface area contributed by atoms with Gasteiger partial charge in [0, 0.05) is 29.1 Å². The van der Waals surface area contributed by atoms with E-state index in [0.29, 0.717) is 6.54 Å². The number of aromatic amines is 1. The molecule has 0 aliphatic heterocycles. The van der Waals surface area contributed by atoms with Crippen LogP contribution in [0.25, 0.3) is 10.9 Å². The third-order valence-electron chi connectivity index (χ3n) is 4.35. The fourth-order valence-electron chi connectivity index (χ4n) is 2.95. The molecule has 2 N–H and O–H groups in total. The van der Waals surface area contributed by atoms with Crippen LogP contribution in [0.4, 0.5) is 0 Å². The van der Waals surface area contributed by atoms with Crippen LogP contribution in [0.3, 0.4) is 0 Å². The van der Waals surface area contributed by atoms with Gasteiger partial charge in [-0.3, -0.25) is 4.79 Å². The van der Waals surface area contributed by atoms with Gasteiger partial charge >= 0.3 is 0 Å². The van der Waals surface area contributed by atoms with Gasteiger partial charge in [0.05, 0.1) is 4.88 Å². The summed E-state index contributed by atoms with van der Waals surface area (Å²) in [5.74, 6) is 0.0381. The fraction of sp³-hybridized carbons (Fsp3) is 0.235. The molecule has 106 valence electrons. The average molecular weight is 296 g/mol. The average Bonchev–Trinajstić information content (AvgIpc) is 2.95. The molecule has 0 bridgehead atoms. The van der Waals surface area contributed by atoms with Crippen molar-refractivity contribution in [3.8, 4) is 0 Å². The Bertz CT molecular complexity index is 784. The van der Waals surface area contributed by atoms with E-state index in [1.807, 2.05) is 23.6 Å². The molecule has 0 unspecified atom stereocenters. The van der Waals surface area contributed by atoms with E-state index in [1.165, 1.54) is 27.8 Å². The molecule has 1 amide bonds. The standard InChI is InChI=1S/C17H16N2OS/c20-16(15-6-3-9-21-15)19-11-17(7-8-17)13-10-18-14-5-2-1-4-12(13)14/h1-6,9-10,18H,7-8,11H2,(H,19,20). The van der Waals surface area contributed by atoms with Crippen LogP contribution < -0.4 is 5.32 Å². The number of aromatic nitrogens is 1. The lowest BCUT2D eigenvalue weighted by Crippen LogP contribution is -2.31. The SMILES string of the molecule is O=C(NCC1(c2c[nH]c3ccccc23)CC1)c1cccs1. The summed E-state index contributed by atoms with van der Waals surface area (Å²) in [7, 11) is 0. The van der Waals surface area contributed by atoms with Crippen LogP contribution in [0.1, 0.15) is 28.1 Å². The zero-order chi connectivity index (χ0) is 14.3. The Hall–Kier alpha value is -2.07. The molecular formula is C17H16N2OS. The Kier molecular flexibility index (Phi) is 2.86. The number of carbonyl (C=O) groups excluding carboxylic acids is 1. The van der Waals surface area contributed by atoms with Crippen LogP contribution in [0, 0.1) is 0 Å². The molecule has 2 aromatic heterocycles. The minimum atomic E-state index is 0.0381. The molecule has 1 fully saturated rings. The number of para-hydroxylation sites is 1. The molecule has 1 saturated carbocycles. The van der Waals surface area contributed by atoms with Gasteiger partial charge in [-0.2, -0.15) is 0 Å². The molecule has 0 saturated heterocycles. The molecule has 4 rings (SSSR count). The van der Waals surface area contributed by atoms with Crippen LogP contribution in [-0.2, 0) is 5.41 Å². The molecule has 3 nitrogen and oxygen atoms in total. The Morgan fingerprint density at radius 3 is 2.86 bits per heavy atom. The summed E-state index contributed by atoms with van der Waals surface area (Å²) in [5, 5.41) is 6.31. The highest BCUT2D eigenvalue weighted by Gasteiger charge is 2.45. The molecule has 3 aromatic rings. The van der Waals surface area contributed by atoms with Gasteiger partial charge in [0.1, 0.15) is 0 Å². The maximum atomic E-state index is 12.1. The third-order valence-corrected chi connectivity index (χ3v) is 5.22. The first-order valence-corrected chi connectivity index (χ1v) is 8.05. The Morgan fingerprint density at radius 2 is 2.10 bits per heavy atom. The maximum absolute atomic E-state index is 12.1. The van der Waals surface area contributed by atoms with E-state index >= 15 is 0 Å². The highest BCUT2D eigenvalue weighted by molar-refractivity contribution is 7.12. The topological polar surface area (TPSA) is 44.9 Å². The van der Waals surface area contributed by atoms with Gasteiger partial charge in [-0.15, -0.1) is 11.3 Å². The minimum Gasteiger partial charge on any atom is -0.361 e. The molecule has 2 heterocycles. The summed E-state index contributed by atoms with van der Waals surface area (Å²) < 4.78 is 0. The zero-order valence-electron chi connectivity index (χ0n) is 11.6. The summed E-state index contributed by atoms with van der Waals surface area (Å²) >= 11 is 1.48. The normalized spacial score (nSPS) is 16.0. The largest absolute Gasteiger partial charge is 0.361 e. The van der Waals surface area contributed by atoms with Crippen molar-refractivity contribution >= 4 is 28.1 Å². The fourth-order valence-corrected chi connectivity index (χ4v) is 3.59. The zero-order valence-corrected chi connectivity index (χ0v) is 12.4. The van der Waals surface area contributed by atoms with E-state index < -0.39 is 0 Å². The van der Waals surface area contributed by atoms with E-state index in [9.17, 15) is 4.79 Å². The number of hydrogen-bond donors (Lipinski definition) is 2. The number of thiophene rings is 1. The Labute approximate surface area is 127 Å². The van der Waals surface area contributed by atoms with Crippen molar-refractivity contribution in [2.24, 2.45) is 0 Å². The Balaban J connectivity index is 1.56. The van der Waals surface area contributed by atoms with E-state index in [0.717, 1.165) is 17.7 Å². The summed E-state index contributed by atoms with van der Waals surface area (Å²) in [6, 6.07) is 12.1. The molecule has 1 aliphatic rings. The number of carbonyl (C=O) groups is 1. The molecule has 4 heteroatoms. The predicted octanol–water partition coefficient (Wildman–Crippen LogP) is 3.69. The number of nitrogens with one attached hydrogen (secondary N) is 2. The minimum absolute atomic E-state index is 0.0381. The second kappa shape index (κ2) is 4.74. The number of benzene rings is 1. The van der Waals surface area contributed by atoms with Crippen molar-refractivity contribution in [3.05, 3.63) is 58.4 Å². The van der Waals surface area contributed by atoms with E-state index in [1.54, 1.807) is 0 Å². The van der Waals surface area contributed by atoms with Crippen molar-refractivity contribution in [1.29, 1.82) is 0 Å². The second-order valence-corrected chi connectivity index (χ2v) is 6.64. The van der Waals surface area contributed by atoms with Gasteiger partial charge < -0.3 is 10.3 Å². The summed E-state index contributed by atoms with van der Waals surface area (Å²) in [5.41, 5.74) is 2.62. The van der Waals surface area contributed by atoms with E-state index in [2.05, 4.69) is 34.7 Å². The molecule has 0 atom stereocenters. The highest BCUT2D eigenvalue weighted by Crippen LogP contribution is 2.49. The lowest BCUT2D eigenvalue weighted by atomic mass is 9.95. The summed E-state index contributed by atoms with van der Waals surface area (Å²) in [6.45, 7) is 0.714. The molecule has 0 radical (unpaired) electrons. The van der Waals surface area contributed by atoms with Crippen LogP contribution in [0.2, 0.25) is 0 Å². The van der Waals surface area contributed by atoms with Gasteiger partial charge in [-0.1, -0.05) is 24.3 Å². The van der Waals surface area contributed by atoms with Gasteiger partial charge in [0.25, 0.3) is 5.91 Å². The van der Waals surface area contributed by atoms with Gasteiger partial charge in [0.2, 0.25) is 0 Å². The summed E-state index contributed by atoms with van der Waals surface area (Å²) in [4.78, 5) is 16.2. The van der Waals surface area contributed by atoms with Crippen LogP contribution in [-0.4, -0.2) is 17.4 Å². The summed E-state index contributed by atoms with van der Waals surface area (Å²) in [6.07, 6.45) is 4.38. The van der Waals surface area contributed by atoms with E-state index in [4.69, 9.17) is 0 Å². The third kappa shape index (κ3) is 2.16. The lowest BCUT2D eigenvalue weighted by Gasteiger charge is -2.15. The van der Waals surface area contributed by atoms with Crippen molar-refractivity contribution in [1.82, 2.24) is 10.3 Å². The number of fused-ring (bicyclic) bond motifs is 1. The molecule has 1 aromatic carbocycles. The van der Waals surface area contributed by atoms with Crippen molar-refractivity contribution < 1.29 is 4.79 Å². The second-order valence-electron chi connectivity index (χ2n) is 5.69. The first kappa shape index (κ1) is 12.7. The number of hydrogen-bond acceptors (Lipinski definition) is 2. The van der Waals surface area contributed by atoms with E-state index in [-0.39, 0.29) is 11.3 Å². The monoisotopic (exact) mass is 296 g/mol. The van der Waals surface area contributed by atoms with Crippen molar-refractivity contribution in [2.45, 2.75) is 18.3 Å². The molecule has 0 spiro atoms. The van der Waals surface area contributed by atoms with Crippen LogP contribution in [0.5, 0.6) is 0 Å². The number of amides is 1. The van der Waals surface area contributed by atoms with Gasteiger partial charge in [0.15, 0.2) is 0 Å². The quantitative estimate of drug-likeness (QED) is 0.757. The van der Waals surface area contributed by atoms with Gasteiger partial charge in [-0.05, 0) is 35.9 Å². The molecular weight excluding hydrogens is 280 g/mol. The van der Waals surface area contributed by atoms with Crippen LogP contribution in [0.15, 0.2) is 48.0 Å². The van der Waals surface area contributed by atoms with Gasteiger partial charge in [-0.25, -0.2) is 0 Å². The molecule has 21 heavy (non-hydrogen) atoms. The number of H-pyrrole nitrogens is 1.